The molecule has 1 aliphatic heterocycles. The third kappa shape index (κ3) is 3.52. The van der Waals surface area contributed by atoms with Crippen LogP contribution in [0.3, 0.4) is 0 Å². The Morgan fingerprint density at radius 3 is 2.79 bits per heavy atom. The lowest BCUT2D eigenvalue weighted by atomic mass is 9.96. The summed E-state index contributed by atoms with van der Waals surface area (Å²) in [5.41, 5.74) is 1.11. The molecule has 2 aromatic heterocycles. The van der Waals surface area contributed by atoms with Gasteiger partial charge in [-0.05, 0) is 0 Å². The number of likely N-dealkylation sites (tertiary alicyclic amines) is 1. The van der Waals surface area contributed by atoms with Crippen molar-refractivity contribution >= 4 is 17.2 Å². The summed E-state index contributed by atoms with van der Waals surface area (Å²) in [6.45, 7) is 5.94. The van der Waals surface area contributed by atoms with Crippen LogP contribution in [0.4, 0.5) is 0 Å². The van der Waals surface area contributed by atoms with Crippen LogP contribution in [0, 0.1) is 5.92 Å². The molecule has 0 saturated carbocycles. The lowest BCUT2D eigenvalue weighted by Crippen LogP contribution is -2.28. The second kappa shape index (κ2) is 7.03. The Bertz CT molecular complexity index is 707. The van der Waals surface area contributed by atoms with Gasteiger partial charge in [-0.15, -0.1) is 11.3 Å². The number of amides is 1. The predicted molar refractivity (Wildman–Crippen MR) is 94.7 cm³/mol. The third-order valence-electron chi connectivity index (χ3n) is 4.53. The van der Waals surface area contributed by atoms with Gasteiger partial charge in [0.2, 0.25) is 5.91 Å². The first-order valence-corrected chi connectivity index (χ1v) is 9.17. The number of aryl methyl sites for hydroxylation is 1. The molecule has 2 aromatic rings. The van der Waals surface area contributed by atoms with Gasteiger partial charge < -0.3 is 10.2 Å². The molecule has 0 radical (unpaired) electrons. The first kappa shape index (κ1) is 17.1. The number of carbonyl (C=O) groups excluding carboxylic acids is 1. The molecule has 1 aliphatic rings. The van der Waals surface area contributed by atoms with E-state index < -0.39 is 0 Å². The molecule has 3 rings (SSSR count). The highest BCUT2D eigenvalue weighted by molar-refractivity contribution is 7.11. The fourth-order valence-electron chi connectivity index (χ4n) is 3.28. The fourth-order valence-corrected chi connectivity index (χ4v) is 4.17. The molecule has 1 amide bonds. The Hall–Kier alpha value is -1.73. The van der Waals surface area contributed by atoms with Crippen LogP contribution in [0.2, 0.25) is 0 Å². The lowest BCUT2D eigenvalue weighted by molar-refractivity contribution is -0.127. The maximum atomic E-state index is 12.1. The van der Waals surface area contributed by atoms with E-state index in [0.717, 1.165) is 18.7 Å². The number of nitrogens with zero attached hydrogens (tertiary/aromatic N) is 4. The van der Waals surface area contributed by atoms with Crippen LogP contribution in [-0.4, -0.2) is 39.2 Å². The average Bonchev–Trinajstić information content (AvgIpc) is 3.21. The summed E-state index contributed by atoms with van der Waals surface area (Å²) in [6.07, 6.45) is 6.41. The Kier molecular flexibility index (Phi) is 5.01. The number of thiazole rings is 1. The van der Waals surface area contributed by atoms with E-state index in [1.807, 2.05) is 37.6 Å². The van der Waals surface area contributed by atoms with Crippen LogP contribution in [-0.2, 0) is 18.4 Å². The van der Waals surface area contributed by atoms with E-state index in [1.54, 1.807) is 16.0 Å². The van der Waals surface area contributed by atoms with Gasteiger partial charge in [-0.2, -0.15) is 5.10 Å². The minimum absolute atomic E-state index is 0.103. The van der Waals surface area contributed by atoms with Crippen molar-refractivity contribution in [3.63, 3.8) is 0 Å². The van der Waals surface area contributed by atoms with Gasteiger partial charge in [0.25, 0.3) is 0 Å². The van der Waals surface area contributed by atoms with Gasteiger partial charge in [0.15, 0.2) is 0 Å². The minimum atomic E-state index is 0.103. The molecular formula is C17H25N5OS. The standard InChI is InChI=1S/C17H25N5OS/c1-11(2)17-19-9-14(24-17)8-18-6-12-5-15(23)22(4)16(12)13-7-20-21(3)10-13/h7,9-12,16,18H,5-6,8H2,1-4H3/t12-,16+/m0/s1. The van der Waals surface area contributed by atoms with Crippen molar-refractivity contribution in [2.45, 2.75) is 38.8 Å². The van der Waals surface area contributed by atoms with E-state index >= 15 is 0 Å². The molecule has 0 bridgehead atoms. The van der Waals surface area contributed by atoms with E-state index in [4.69, 9.17) is 0 Å². The first-order valence-electron chi connectivity index (χ1n) is 8.35. The molecule has 130 valence electrons. The van der Waals surface area contributed by atoms with Gasteiger partial charge in [0.1, 0.15) is 0 Å². The number of nitrogens with one attached hydrogen (secondary N) is 1. The number of aromatic nitrogens is 3. The number of hydrogen-bond acceptors (Lipinski definition) is 5. The van der Waals surface area contributed by atoms with Crippen LogP contribution in [0.5, 0.6) is 0 Å². The Morgan fingerprint density at radius 1 is 1.38 bits per heavy atom. The molecule has 3 heterocycles. The third-order valence-corrected chi connectivity index (χ3v) is 5.83. The summed E-state index contributed by atoms with van der Waals surface area (Å²) in [6, 6.07) is 0.103. The van der Waals surface area contributed by atoms with Crippen molar-refractivity contribution in [3.05, 3.63) is 34.0 Å². The van der Waals surface area contributed by atoms with Crippen molar-refractivity contribution in [3.8, 4) is 0 Å². The molecule has 6 nitrogen and oxygen atoms in total. The van der Waals surface area contributed by atoms with E-state index in [1.165, 1.54) is 9.88 Å². The number of carbonyl (C=O) groups is 1. The first-order chi connectivity index (χ1) is 11.5. The maximum Gasteiger partial charge on any atom is 0.223 e. The van der Waals surface area contributed by atoms with Crippen molar-refractivity contribution in [2.75, 3.05) is 13.6 Å². The smallest absolute Gasteiger partial charge is 0.223 e. The Balaban J connectivity index is 1.61. The van der Waals surface area contributed by atoms with Gasteiger partial charge in [-0.3, -0.25) is 9.48 Å². The molecule has 0 unspecified atom stereocenters. The molecule has 0 spiro atoms. The summed E-state index contributed by atoms with van der Waals surface area (Å²) >= 11 is 1.76. The minimum Gasteiger partial charge on any atom is -0.338 e. The zero-order chi connectivity index (χ0) is 17.3. The Labute approximate surface area is 146 Å². The summed E-state index contributed by atoms with van der Waals surface area (Å²) in [7, 11) is 3.79. The van der Waals surface area contributed by atoms with E-state index in [-0.39, 0.29) is 17.9 Å². The molecule has 0 aliphatic carbocycles. The van der Waals surface area contributed by atoms with Crippen molar-refractivity contribution in [2.24, 2.45) is 13.0 Å². The summed E-state index contributed by atoms with van der Waals surface area (Å²) in [5, 5.41) is 8.94. The SMILES string of the molecule is CC(C)c1ncc(CNC[C@@H]2CC(=O)N(C)[C@H]2c2cnn(C)c2)s1. The van der Waals surface area contributed by atoms with Crippen molar-refractivity contribution in [1.82, 2.24) is 25.0 Å². The molecule has 7 heteroatoms. The zero-order valence-corrected chi connectivity index (χ0v) is 15.5. The second-order valence-corrected chi connectivity index (χ2v) is 7.96. The quantitative estimate of drug-likeness (QED) is 0.871. The van der Waals surface area contributed by atoms with Crippen molar-refractivity contribution < 1.29 is 4.79 Å². The highest BCUT2D eigenvalue weighted by atomic mass is 32.1. The monoisotopic (exact) mass is 347 g/mol. The Morgan fingerprint density at radius 2 is 2.17 bits per heavy atom. The molecule has 0 aromatic carbocycles. The van der Waals surface area contributed by atoms with Gasteiger partial charge in [0.05, 0.1) is 17.2 Å². The second-order valence-electron chi connectivity index (χ2n) is 6.81. The van der Waals surface area contributed by atoms with Crippen LogP contribution in [0.1, 0.15) is 47.7 Å². The maximum absolute atomic E-state index is 12.1. The molecule has 1 saturated heterocycles. The van der Waals surface area contributed by atoms with Crippen LogP contribution in [0.25, 0.3) is 0 Å². The van der Waals surface area contributed by atoms with E-state index in [2.05, 4.69) is 29.2 Å². The molecular weight excluding hydrogens is 322 g/mol. The van der Waals surface area contributed by atoms with Crippen LogP contribution >= 0.6 is 11.3 Å². The average molecular weight is 347 g/mol. The van der Waals surface area contributed by atoms with E-state index in [9.17, 15) is 4.79 Å². The predicted octanol–water partition coefficient (Wildman–Crippen LogP) is 2.31. The fraction of sp³-hybridized carbons (Fsp3) is 0.588. The van der Waals surface area contributed by atoms with Gasteiger partial charge in [-0.25, -0.2) is 4.98 Å². The number of hydrogen-bond donors (Lipinski definition) is 1. The van der Waals surface area contributed by atoms with Gasteiger partial charge in [-0.1, -0.05) is 13.8 Å². The van der Waals surface area contributed by atoms with Crippen LogP contribution < -0.4 is 5.32 Å². The van der Waals surface area contributed by atoms with Crippen LogP contribution in [0.15, 0.2) is 18.6 Å². The van der Waals surface area contributed by atoms with Gasteiger partial charge >= 0.3 is 0 Å². The molecule has 24 heavy (non-hydrogen) atoms. The highest BCUT2D eigenvalue weighted by Crippen LogP contribution is 2.36. The highest BCUT2D eigenvalue weighted by Gasteiger charge is 2.38. The summed E-state index contributed by atoms with van der Waals surface area (Å²) in [4.78, 5) is 19.7. The summed E-state index contributed by atoms with van der Waals surface area (Å²) in [5.74, 6) is 0.944. The topological polar surface area (TPSA) is 63.1 Å². The van der Waals surface area contributed by atoms with E-state index in [0.29, 0.717) is 12.3 Å². The molecule has 2 atom stereocenters. The molecule has 1 N–H and O–H groups in total. The summed E-state index contributed by atoms with van der Waals surface area (Å²) < 4.78 is 1.79. The van der Waals surface area contributed by atoms with Crippen molar-refractivity contribution in [1.29, 1.82) is 0 Å². The normalized spacial score (nSPS) is 21.2. The largest absolute Gasteiger partial charge is 0.338 e. The lowest BCUT2D eigenvalue weighted by Gasteiger charge is -2.24. The number of rotatable bonds is 6. The van der Waals surface area contributed by atoms with Gasteiger partial charge in [0, 0.05) is 68.3 Å². The molecule has 1 fully saturated rings. The zero-order valence-electron chi connectivity index (χ0n) is 14.7.